The maximum Gasteiger partial charge on any atom is 0.416 e. The van der Waals surface area contributed by atoms with Crippen LogP contribution in [0.4, 0.5) is 23.2 Å². The highest BCUT2D eigenvalue weighted by Crippen LogP contribution is 2.33. The number of rotatable bonds is 2. The van der Waals surface area contributed by atoms with Crippen molar-refractivity contribution in [3.05, 3.63) is 29.6 Å². The lowest BCUT2D eigenvalue weighted by Crippen LogP contribution is -2.49. The van der Waals surface area contributed by atoms with E-state index in [4.69, 9.17) is 0 Å². The number of anilines is 1. The summed E-state index contributed by atoms with van der Waals surface area (Å²) < 4.78 is 51.4. The molecule has 1 fully saturated rings. The fourth-order valence-electron chi connectivity index (χ4n) is 2.42. The van der Waals surface area contributed by atoms with E-state index in [1.54, 1.807) is 4.90 Å². The molecule has 2 nitrogen and oxygen atoms in total. The molecular formula is C14H18F4N2. The van der Waals surface area contributed by atoms with Gasteiger partial charge in [-0.25, -0.2) is 4.39 Å². The SMILES string of the molecule is CC(C)N1CCN(c2cc(F)cc(C(F)(F)F)c2)CC1. The first-order valence-corrected chi connectivity index (χ1v) is 6.64. The molecule has 0 N–H and O–H groups in total. The molecule has 1 aliphatic heterocycles. The molecular weight excluding hydrogens is 272 g/mol. The predicted molar refractivity (Wildman–Crippen MR) is 70.3 cm³/mol. The lowest BCUT2D eigenvalue weighted by molar-refractivity contribution is -0.137. The average molecular weight is 290 g/mol. The van der Waals surface area contributed by atoms with Crippen LogP contribution in [0.15, 0.2) is 18.2 Å². The largest absolute Gasteiger partial charge is 0.416 e. The Morgan fingerprint density at radius 2 is 1.60 bits per heavy atom. The van der Waals surface area contributed by atoms with E-state index in [1.807, 2.05) is 0 Å². The first-order chi connectivity index (χ1) is 9.27. The molecule has 0 aliphatic carbocycles. The van der Waals surface area contributed by atoms with Crippen molar-refractivity contribution in [3.63, 3.8) is 0 Å². The second-order valence-electron chi connectivity index (χ2n) is 5.31. The van der Waals surface area contributed by atoms with E-state index in [-0.39, 0.29) is 0 Å². The van der Waals surface area contributed by atoms with Crippen LogP contribution in [-0.4, -0.2) is 37.1 Å². The topological polar surface area (TPSA) is 6.48 Å². The highest BCUT2D eigenvalue weighted by atomic mass is 19.4. The summed E-state index contributed by atoms with van der Waals surface area (Å²) >= 11 is 0. The van der Waals surface area contributed by atoms with Gasteiger partial charge in [0.2, 0.25) is 0 Å². The zero-order valence-electron chi connectivity index (χ0n) is 11.5. The molecule has 2 rings (SSSR count). The maximum absolute atomic E-state index is 13.4. The van der Waals surface area contributed by atoms with Crippen molar-refractivity contribution in [2.24, 2.45) is 0 Å². The summed E-state index contributed by atoms with van der Waals surface area (Å²) in [7, 11) is 0. The number of hydrogen-bond acceptors (Lipinski definition) is 2. The van der Waals surface area contributed by atoms with Crippen molar-refractivity contribution >= 4 is 5.69 Å². The summed E-state index contributed by atoms with van der Waals surface area (Å²) in [5, 5.41) is 0. The monoisotopic (exact) mass is 290 g/mol. The molecule has 0 aromatic heterocycles. The molecule has 20 heavy (non-hydrogen) atoms. The van der Waals surface area contributed by atoms with Crippen molar-refractivity contribution in [1.82, 2.24) is 4.90 Å². The minimum Gasteiger partial charge on any atom is -0.369 e. The molecule has 6 heteroatoms. The Balaban J connectivity index is 2.16. The van der Waals surface area contributed by atoms with Gasteiger partial charge < -0.3 is 4.90 Å². The average Bonchev–Trinajstić information content (AvgIpc) is 2.37. The van der Waals surface area contributed by atoms with Crippen LogP contribution in [0, 0.1) is 5.82 Å². The molecule has 0 amide bonds. The highest BCUT2D eigenvalue weighted by Gasteiger charge is 2.32. The van der Waals surface area contributed by atoms with Gasteiger partial charge in [0.1, 0.15) is 5.82 Å². The molecule has 1 aromatic carbocycles. The van der Waals surface area contributed by atoms with Crippen LogP contribution >= 0.6 is 0 Å². The minimum absolute atomic E-state index is 0.306. The zero-order chi connectivity index (χ0) is 14.9. The predicted octanol–water partition coefficient (Wildman–Crippen LogP) is 3.37. The number of alkyl halides is 3. The lowest BCUT2D eigenvalue weighted by Gasteiger charge is -2.38. The van der Waals surface area contributed by atoms with E-state index >= 15 is 0 Å². The first kappa shape index (κ1) is 15.1. The molecule has 0 radical (unpaired) electrons. The van der Waals surface area contributed by atoms with Gasteiger partial charge in [0, 0.05) is 37.9 Å². The van der Waals surface area contributed by atoms with Gasteiger partial charge in [0.15, 0.2) is 0 Å². The van der Waals surface area contributed by atoms with Gasteiger partial charge in [-0.15, -0.1) is 0 Å². The van der Waals surface area contributed by atoms with Crippen LogP contribution in [-0.2, 0) is 6.18 Å². The third-order valence-electron chi connectivity index (χ3n) is 3.62. The molecule has 0 bridgehead atoms. The van der Waals surface area contributed by atoms with E-state index in [1.165, 1.54) is 6.07 Å². The zero-order valence-corrected chi connectivity index (χ0v) is 11.5. The van der Waals surface area contributed by atoms with E-state index < -0.39 is 17.6 Å². The summed E-state index contributed by atoms with van der Waals surface area (Å²) in [6.07, 6.45) is -4.52. The molecule has 0 spiro atoms. The van der Waals surface area contributed by atoms with E-state index in [2.05, 4.69) is 18.7 Å². The summed E-state index contributed by atoms with van der Waals surface area (Å²) in [6.45, 7) is 6.93. The number of piperazine rings is 1. The first-order valence-electron chi connectivity index (χ1n) is 6.64. The van der Waals surface area contributed by atoms with Crippen molar-refractivity contribution in [2.75, 3.05) is 31.1 Å². The van der Waals surface area contributed by atoms with Crippen LogP contribution in [0.25, 0.3) is 0 Å². The van der Waals surface area contributed by atoms with E-state index in [0.717, 1.165) is 19.2 Å². The second kappa shape index (κ2) is 5.60. The van der Waals surface area contributed by atoms with Gasteiger partial charge in [-0.2, -0.15) is 13.2 Å². The van der Waals surface area contributed by atoms with Crippen LogP contribution in [0.5, 0.6) is 0 Å². The molecule has 112 valence electrons. The molecule has 1 saturated heterocycles. The highest BCUT2D eigenvalue weighted by molar-refractivity contribution is 5.50. The Bertz CT molecular complexity index is 463. The van der Waals surface area contributed by atoms with Crippen molar-refractivity contribution in [1.29, 1.82) is 0 Å². The van der Waals surface area contributed by atoms with Gasteiger partial charge in [0.05, 0.1) is 5.56 Å². The molecule has 0 unspecified atom stereocenters. The van der Waals surface area contributed by atoms with Gasteiger partial charge in [-0.1, -0.05) is 0 Å². The van der Waals surface area contributed by atoms with Gasteiger partial charge in [-0.3, -0.25) is 4.90 Å². The smallest absolute Gasteiger partial charge is 0.369 e. The Morgan fingerprint density at radius 1 is 1.00 bits per heavy atom. The maximum atomic E-state index is 13.4. The Labute approximate surface area is 116 Å². The third kappa shape index (κ3) is 3.42. The van der Waals surface area contributed by atoms with Crippen molar-refractivity contribution in [2.45, 2.75) is 26.1 Å². The second-order valence-corrected chi connectivity index (χ2v) is 5.31. The Morgan fingerprint density at radius 3 is 2.10 bits per heavy atom. The molecule has 0 saturated carbocycles. The van der Waals surface area contributed by atoms with Gasteiger partial charge >= 0.3 is 6.18 Å². The number of nitrogens with zero attached hydrogens (tertiary/aromatic N) is 2. The van der Waals surface area contributed by atoms with Crippen LogP contribution in [0.1, 0.15) is 19.4 Å². The molecule has 1 heterocycles. The summed E-state index contributed by atoms with van der Waals surface area (Å²) in [5.74, 6) is -0.846. The fraction of sp³-hybridized carbons (Fsp3) is 0.571. The number of benzene rings is 1. The Hall–Kier alpha value is -1.30. The Kier molecular flexibility index (Phi) is 4.22. The summed E-state index contributed by atoms with van der Waals surface area (Å²) in [5.41, 5.74) is -0.625. The van der Waals surface area contributed by atoms with Crippen molar-refractivity contribution < 1.29 is 17.6 Å². The van der Waals surface area contributed by atoms with E-state index in [9.17, 15) is 17.6 Å². The van der Waals surface area contributed by atoms with Crippen LogP contribution < -0.4 is 4.90 Å². The summed E-state index contributed by atoms with van der Waals surface area (Å²) in [6, 6.07) is 3.14. The summed E-state index contributed by atoms with van der Waals surface area (Å²) in [4.78, 5) is 4.05. The van der Waals surface area contributed by atoms with Gasteiger partial charge in [0.25, 0.3) is 0 Å². The molecule has 1 aliphatic rings. The standard InChI is InChI=1S/C14H18F4N2/c1-10(2)19-3-5-20(6-4-19)13-8-11(14(16,17)18)7-12(15)9-13/h7-10H,3-6H2,1-2H3. The third-order valence-corrected chi connectivity index (χ3v) is 3.62. The van der Waals surface area contributed by atoms with Crippen LogP contribution in [0.3, 0.4) is 0 Å². The molecule has 0 atom stereocenters. The normalized spacial score (nSPS) is 17.9. The van der Waals surface area contributed by atoms with E-state index in [0.29, 0.717) is 30.9 Å². The van der Waals surface area contributed by atoms with Crippen molar-refractivity contribution in [3.8, 4) is 0 Å². The number of halogens is 4. The minimum atomic E-state index is -4.52. The number of hydrogen-bond donors (Lipinski definition) is 0. The molecule has 1 aromatic rings. The fourth-order valence-corrected chi connectivity index (χ4v) is 2.42. The lowest BCUT2D eigenvalue weighted by atomic mass is 10.1. The quantitative estimate of drug-likeness (QED) is 0.771. The van der Waals surface area contributed by atoms with Crippen LogP contribution in [0.2, 0.25) is 0 Å². The van der Waals surface area contributed by atoms with Gasteiger partial charge in [-0.05, 0) is 32.0 Å².